The molecule has 0 saturated heterocycles. The van der Waals surface area contributed by atoms with E-state index in [1.54, 1.807) is 31.2 Å². The molecule has 2 aromatic rings. The summed E-state index contributed by atoms with van der Waals surface area (Å²) in [5.41, 5.74) is 3.12. The van der Waals surface area contributed by atoms with Crippen LogP contribution in [-0.4, -0.2) is 41.3 Å². The zero-order chi connectivity index (χ0) is 18.2. The van der Waals surface area contributed by atoms with Crippen LogP contribution in [0.5, 0.6) is 0 Å². The van der Waals surface area contributed by atoms with Crippen molar-refractivity contribution in [2.45, 2.75) is 33.2 Å². The van der Waals surface area contributed by atoms with Crippen LogP contribution in [0.1, 0.15) is 35.6 Å². The lowest BCUT2D eigenvalue weighted by molar-refractivity contribution is -0.140. The molecule has 1 atom stereocenters. The van der Waals surface area contributed by atoms with Gasteiger partial charge in [-0.3, -0.25) is 14.7 Å². The van der Waals surface area contributed by atoms with E-state index in [0.717, 1.165) is 11.4 Å². The molecule has 7 nitrogen and oxygen atoms in total. The zero-order valence-corrected chi connectivity index (χ0v) is 14.8. The van der Waals surface area contributed by atoms with Gasteiger partial charge in [-0.1, -0.05) is 6.07 Å². The summed E-state index contributed by atoms with van der Waals surface area (Å²) in [5.74, 6) is -0.500. The third kappa shape index (κ3) is 5.95. The number of carbonyl (C=O) groups is 2. The summed E-state index contributed by atoms with van der Waals surface area (Å²) in [4.78, 5) is 23.8. The van der Waals surface area contributed by atoms with Gasteiger partial charge in [0.05, 0.1) is 12.3 Å². The maximum absolute atomic E-state index is 12.4. The van der Waals surface area contributed by atoms with Crippen molar-refractivity contribution in [2.24, 2.45) is 0 Å². The third-order valence-electron chi connectivity index (χ3n) is 3.52. The molecule has 0 spiro atoms. The maximum atomic E-state index is 12.4. The summed E-state index contributed by atoms with van der Waals surface area (Å²) in [7, 11) is 0. The van der Waals surface area contributed by atoms with E-state index in [2.05, 4.69) is 20.8 Å². The minimum Gasteiger partial charge on any atom is -0.465 e. The Morgan fingerprint density at radius 3 is 2.80 bits per heavy atom. The summed E-state index contributed by atoms with van der Waals surface area (Å²) in [6.07, 6.45) is 0.650. The molecule has 134 valence electrons. The van der Waals surface area contributed by atoms with Crippen molar-refractivity contribution in [1.82, 2.24) is 15.5 Å². The zero-order valence-electron chi connectivity index (χ0n) is 14.8. The molecule has 3 N–H and O–H groups in total. The summed E-state index contributed by atoms with van der Waals surface area (Å²) in [5, 5.41) is 13.0. The molecule has 1 amide bonds. The Morgan fingerprint density at radius 1 is 1.32 bits per heavy atom. The minimum absolute atomic E-state index is 0.0497. The number of amides is 1. The Morgan fingerprint density at radius 2 is 2.12 bits per heavy atom. The third-order valence-corrected chi connectivity index (χ3v) is 3.52. The van der Waals surface area contributed by atoms with Crippen LogP contribution in [0.3, 0.4) is 0 Å². The first-order chi connectivity index (χ1) is 12.0. The molecule has 25 heavy (non-hydrogen) atoms. The fourth-order valence-electron chi connectivity index (χ4n) is 2.41. The van der Waals surface area contributed by atoms with Crippen LogP contribution in [0.2, 0.25) is 0 Å². The molecule has 0 fully saturated rings. The van der Waals surface area contributed by atoms with E-state index >= 15 is 0 Å². The van der Waals surface area contributed by atoms with E-state index in [9.17, 15) is 9.59 Å². The van der Waals surface area contributed by atoms with Crippen LogP contribution >= 0.6 is 0 Å². The van der Waals surface area contributed by atoms with Crippen molar-refractivity contribution >= 4 is 17.6 Å². The largest absolute Gasteiger partial charge is 0.465 e. The van der Waals surface area contributed by atoms with Crippen LogP contribution in [0.4, 0.5) is 5.69 Å². The fraction of sp³-hybridized carbons (Fsp3) is 0.389. The number of hydrogen-bond donors (Lipinski definition) is 3. The van der Waals surface area contributed by atoms with Crippen LogP contribution in [0, 0.1) is 6.92 Å². The molecule has 0 unspecified atom stereocenters. The fourth-order valence-corrected chi connectivity index (χ4v) is 2.41. The molecule has 0 radical (unpaired) electrons. The van der Waals surface area contributed by atoms with Crippen molar-refractivity contribution < 1.29 is 14.3 Å². The van der Waals surface area contributed by atoms with E-state index < -0.39 is 0 Å². The Hall–Kier alpha value is -2.83. The molecule has 0 bridgehead atoms. The Balaban J connectivity index is 1.90. The predicted octanol–water partition coefficient (Wildman–Crippen LogP) is 2.05. The first kappa shape index (κ1) is 18.5. The predicted molar refractivity (Wildman–Crippen MR) is 95.5 cm³/mol. The number of benzene rings is 1. The van der Waals surface area contributed by atoms with Gasteiger partial charge in [-0.2, -0.15) is 5.10 Å². The number of rotatable bonds is 8. The number of H-pyrrole nitrogens is 1. The summed E-state index contributed by atoms with van der Waals surface area (Å²) < 4.78 is 4.86. The first-order valence-corrected chi connectivity index (χ1v) is 8.29. The second kappa shape index (κ2) is 8.86. The van der Waals surface area contributed by atoms with E-state index in [-0.39, 0.29) is 24.5 Å². The van der Waals surface area contributed by atoms with Crippen LogP contribution in [-0.2, 0) is 16.0 Å². The molecule has 0 aliphatic carbocycles. The molecule has 1 aromatic heterocycles. The Bertz CT molecular complexity index is 727. The number of aromatic nitrogens is 2. The number of aromatic amines is 1. The number of ether oxygens (including phenoxy) is 1. The van der Waals surface area contributed by atoms with Gasteiger partial charge in [0.25, 0.3) is 5.91 Å². The van der Waals surface area contributed by atoms with Crippen molar-refractivity contribution in [3.63, 3.8) is 0 Å². The summed E-state index contributed by atoms with van der Waals surface area (Å²) >= 11 is 0. The average Bonchev–Trinajstić information content (AvgIpc) is 2.98. The van der Waals surface area contributed by atoms with Gasteiger partial charge in [-0.15, -0.1) is 0 Å². The van der Waals surface area contributed by atoms with E-state index in [4.69, 9.17) is 4.74 Å². The number of anilines is 1. The number of carbonyl (C=O) groups excluding carboxylic acids is 2. The van der Waals surface area contributed by atoms with E-state index in [1.165, 1.54) is 0 Å². The van der Waals surface area contributed by atoms with Crippen molar-refractivity contribution in [1.29, 1.82) is 0 Å². The smallest absolute Gasteiger partial charge is 0.325 e. The van der Waals surface area contributed by atoms with Crippen LogP contribution in [0.15, 0.2) is 30.3 Å². The maximum Gasteiger partial charge on any atom is 0.325 e. The van der Waals surface area contributed by atoms with Gasteiger partial charge in [0.15, 0.2) is 0 Å². The number of hydrogen-bond acceptors (Lipinski definition) is 5. The highest BCUT2D eigenvalue weighted by atomic mass is 16.5. The summed E-state index contributed by atoms with van der Waals surface area (Å²) in [6, 6.07) is 8.92. The number of nitrogens with zero attached hydrogens (tertiary/aromatic N) is 1. The lowest BCUT2D eigenvalue weighted by Crippen LogP contribution is -2.34. The Kier molecular flexibility index (Phi) is 6.56. The quantitative estimate of drug-likeness (QED) is 0.637. The highest BCUT2D eigenvalue weighted by Crippen LogP contribution is 2.11. The van der Waals surface area contributed by atoms with Gasteiger partial charge in [-0.05, 0) is 45.0 Å². The lowest BCUT2D eigenvalue weighted by atomic mass is 10.1. The first-order valence-electron chi connectivity index (χ1n) is 8.29. The minimum atomic E-state index is -0.333. The van der Waals surface area contributed by atoms with Gasteiger partial charge in [-0.25, -0.2) is 0 Å². The molecule has 7 heteroatoms. The van der Waals surface area contributed by atoms with Gasteiger partial charge >= 0.3 is 5.97 Å². The van der Waals surface area contributed by atoms with Crippen molar-refractivity contribution in [3.05, 3.63) is 47.3 Å². The van der Waals surface area contributed by atoms with Crippen molar-refractivity contribution in [2.75, 3.05) is 18.5 Å². The monoisotopic (exact) mass is 344 g/mol. The van der Waals surface area contributed by atoms with Crippen LogP contribution < -0.4 is 10.6 Å². The SMILES string of the molecule is CCOC(=O)CNc1cccc(C(=O)N[C@H](C)Cc2cc(C)[nH]n2)c1. The highest BCUT2D eigenvalue weighted by molar-refractivity contribution is 5.95. The number of aryl methyl sites for hydroxylation is 1. The highest BCUT2D eigenvalue weighted by Gasteiger charge is 2.12. The Labute approximate surface area is 147 Å². The molecule has 2 rings (SSSR count). The van der Waals surface area contributed by atoms with E-state index in [1.807, 2.05) is 19.9 Å². The van der Waals surface area contributed by atoms with Gasteiger partial charge in [0.1, 0.15) is 6.54 Å². The molecular weight excluding hydrogens is 320 g/mol. The van der Waals surface area contributed by atoms with Gasteiger partial charge < -0.3 is 15.4 Å². The molecule has 1 heterocycles. The molecular formula is C18H24N4O3. The number of nitrogens with one attached hydrogen (secondary N) is 3. The molecule has 0 aliphatic rings. The molecule has 1 aromatic carbocycles. The van der Waals surface area contributed by atoms with Crippen LogP contribution in [0.25, 0.3) is 0 Å². The van der Waals surface area contributed by atoms with Gasteiger partial charge in [0, 0.05) is 29.4 Å². The molecule has 0 saturated carbocycles. The summed E-state index contributed by atoms with van der Waals surface area (Å²) in [6.45, 7) is 6.04. The molecule has 0 aliphatic heterocycles. The van der Waals surface area contributed by atoms with Gasteiger partial charge in [0.2, 0.25) is 0 Å². The average molecular weight is 344 g/mol. The number of esters is 1. The normalized spacial score (nSPS) is 11.6. The lowest BCUT2D eigenvalue weighted by Gasteiger charge is -2.13. The second-order valence-electron chi connectivity index (χ2n) is 5.86. The van der Waals surface area contributed by atoms with E-state index in [0.29, 0.717) is 24.3 Å². The topological polar surface area (TPSA) is 96.1 Å². The van der Waals surface area contributed by atoms with Crippen molar-refractivity contribution in [3.8, 4) is 0 Å². The standard InChI is InChI=1S/C18H24N4O3/c1-4-25-17(23)11-19-15-7-5-6-14(10-15)18(24)20-12(2)8-16-9-13(3)21-22-16/h5-7,9-10,12,19H,4,8,11H2,1-3H3,(H,20,24)(H,21,22)/t12-/m1/s1. The second-order valence-corrected chi connectivity index (χ2v) is 5.86.